The van der Waals surface area contributed by atoms with E-state index in [2.05, 4.69) is 10.6 Å². The first-order valence-corrected chi connectivity index (χ1v) is 21.3. The molecule has 3 N–H and O–H groups in total. The average molecular weight is 786 g/mol. The van der Waals surface area contributed by atoms with Crippen molar-refractivity contribution in [3.05, 3.63) is 83.9 Å². The van der Waals surface area contributed by atoms with E-state index in [9.17, 15) is 36.3 Å². The highest BCUT2D eigenvalue weighted by molar-refractivity contribution is 7.92. The molecule has 0 unspecified atom stereocenters. The van der Waals surface area contributed by atoms with E-state index in [0.29, 0.717) is 0 Å². The van der Waals surface area contributed by atoms with E-state index < -0.39 is 74.4 Å². The van der Waals surface area contributed by atoms with Gasteiger partial charge in [-0.3, -0.25) is 14.5 Å². The standard InChI is InChI=1S/C43H58F3N3O5S/c1-28(2)39(48-40(51)34(27-55(53,54)42(3,4)5)23-32-20-13-19-30-16-11-12-21-35(30)32)41(52)47-36(22-29-14-7-6-8-15-29)37(50)26-49-25-33-18-10-9-17-31(33)24-38(49)43(44,45)46/h6-8,11-16,19-21,28,31,33-34,36-39,50H,9-10,17-18,22-27H2,1-5H3,(H,47,52)(H,48,51)/t31-,33+,34-,36+,37+,38+,39+/m1/s1. The van der Waals surface area contributed by atoms with Crippen LogP contribution in [-0.2, 0) is 32.3 Å². The molecule has 1 heterocycles. The molecule has 302 valence electrons. The molecular weight excluding hydrogens is 728 g/mol. The fourth-order valence-corrected chi connectivity index (χ4v) is 9.62. The van der Waals surface area contributed by atoms with E-state index in [-0.39, 0.29) is 44.2 Å². The van der Waals surface area contributed by atoms with Crippen LogP contribution in [0.15, 0.2) is 72.8 Å². The van der Waals surface area contributed by atoms with Crippen LogP contribution in [-0.4, -0.2) is 84.2 Å². The second-order valence-corrected chi connectivity index (χ2v) is 19.9. The van der Waals surface area contributed by atoms with Crippen LogP contribution < -0.4 is 10.6 Å². The van der Waals surface area contributed by atoms with Gasteiger partial charge < -0.3 is 15.7 Å². The molecule has 1 aliphatic heterocycles. The van der Waals surface area contributed by atoms with Crippen LogP contribution >= 0.6 is 0 Å². The number of fused-ring (bicyclic) bond motifs is 2. The van der Waals surface area contributed by atoms with Crippen molar-refractivity contribution in [2.75, 3.05) is 18.8 Å². The second-order valence-electron chi connectivity index (χ2n) is 17.1. The van der Waals surface area contributed by atoms with E-state index in [1.807, 2.05) is 72.8 Å². The molecule has 1 saturated heterocycles. The summed E-state index contributed by atoms with van der Waals surface area (Å²) in [6.45, 7) is 8.23. The van der Waals surface area contributed by atoms with E-state index in [1.54, 1.807) is 34.6 Å². The molecule has 0 bridgehead atoms. The topological polar surface area (TPSA) is 116 Å². The Morgan fingerprint density at radius 3 is 2.15 bits per heavy atom. The number of rotatable bonds is 14. The van der Waals surface area contributed by atoms with Crippen molar-refractivity contribution in [3.63, 3.8) is 0 Å². The quantitative estimate of drug-likeness (QED) is 0.164. The van der Waals surface area contributed by atoms with E-state index >= 15 is 0 Å². The number of hydrogen-bond donors (Lipinski definition) is 3. The molecule has 2 amide bonds. The van der Waals surface area contributed by atoms with Crippen LogP contribution in [0.2, 0.25) is 0 Å². The third-order valence-corrected chi connectivity index (χ3v) is 14.4. The number of benzene rings is 3. The molecule has 55 heavy (non-hydrogen) atoms. The first-order chi connectivity index (χ1) is 25.8. The van der Waals surface area contributed by atoms with Crippen LogP contribution in [0.5, 0.6) is 0 Å². The highest BCUT2D eigenvalue weighted by Gasteiger charge is 2.50. The van der Waals surface area contributed by atoms with Crippen LogP contribution in [0.4, 0.5) is 13.2 Å². The zero-order chi connectivity index (χ0) is 40.1. The Morgan fingerprint density at radius 2 is 1.49 bits per heavy atom. The molecular formula is C43H58F3N3O5S. The lowest BCUT2D eigenvalue weighted by Crippen LogP contribution is -2.60. The number of alkyl halides is 3. The van der Waals surface area contributed by atoms with Gasteiger partial charge in [-0.15, -0.1) is 0 Å². The summed E-state index contributed by atoms with van der Waals surface area (Å²) in [6.07, 6.45) is -1.99. The van der Waals surface area contributed by atoms with Crippen molar-refractivity contribution in [1.82, 2.24) is 15.5 Å². The van der Waals surface area contributed by atoms with Gasteiger partial charge in [-0.2, -0.15) is 13.2 Å². The fraction of sp³-hybridized carbons (Fsp3) is 0.581. The zero-order valence-electron chi connectivity index (χ0n) is 32.7. The number of carbonyl (C=O) groups is 2. The summed E-state index contributed by atoms with van der Waals surface area (Å²) < 4.78 is 69.3. The van der Waals surface area contributed by atoms with Crippen LogP contribution in [0.25, 0.3) is 10.8 Å². The Balaban J connectivity index is 1.38. The van der Waals surface area contributed by atoms with Gasteiger partial charge in [-0.05, 0) is 86.1 Å². The maximum atomic E-state index is 14.5. The number of aliphatic hydroxyl groups is 1. The molecule has 0 radical (unpaired) electrons. The smallest absolute Gasteiger partial charge is 0.390 e. The lowest BCUT2D eigenvalue weighted by atomic mass is 9.72. The summed E-state index contributed by atoms with van der Waals surface area (Å²) in [5.41, 5.74) is 1.58. The summed E-state index contributed by atoms with van der Waals surface area (Å²) in [4.78, 5) is 29.7. The number of nitrogens with zero attached hydrogens (tertiary/aromatic N) is 1. The van der Waals surface area contributed by atoms with Crippen LogP contribution in [0.3, 0.4) is 0 Å². The number of aliphatic hydroxyl groups excluding tert-OH is 1. The minimum atomic E-state index is -4.46. The van der Waals surface area contributed by atoms with Crippen molar-refractivity contribution in [2.24, 2.45) is 23.7 Å². The number of nitrogens with one attached hydrogen (secondary N) is 2. The van der Waals surface area contributed by atoms with Gasteiger partial charge >= 0.3 is 6.18 Å². The van der Waals surface area contributed by atoms with Gasteiger partial charge in [-0.25, -0.2) is 8.42 Å². The van der Waals surface area contributed by atoms with Gasteiger partial charge in [-0.1, -0.05) is 106 Å². The van der Waals surface area contributed by atoms with Gasteiger partial charge in [0.25, 0.3) is 0 Å². The normalized spacial score (nSPS) is 22.0. The van der Waals surface area contributed by atoms with Crippen molar-refractivity contribution in [2.45, 2.75) is 115 Å². The third-order valence-electron chi connectivity index (χ3n) is 11.7. The number of hydrogen-bond acceptors (Lipinski definition) is 6. The largest absolute Gasteiger partial charge is 0.404 e. The van der Waals surface area contributed by atoms with Gasteiger partial charge in [0, 0.05) is 13.1 Å². The lowest BCUT2D eigenvalue weighted by molar-refractivity contribution is -0.206. The molecule has 8 nitrogen and oxygen atoms in total. The number of likely N-dealkylation sites (tertiary alicyclic amines) is 1. The van der Waals surface area contributed by atoms with Crippen molar-refractivity contribution in [3.8, 4) is 0 Å². The van der Waals surface area contributed by atoms with Crippen molar-refractivity contribution in [1.29, 1.82) is 0 Å². The zero-order valence-corrected chi connectivity index (χ0v) is 33.5. The number of sulfone groups is 1. The first-order valence-electron chi connectivity index (χ1n) is 19.7. The Kier molecular flexibility index (Phi) is 13.8. The first kappa shape index (κ1) is 42.7. The number of piperidine rings is 1. The fourth-order valence-electron chi connectivity index (χ4n) is 8.32. The van der Waals surface area contributed by atoms with Gasteiger partial charge in [0.1, 0.15) is 12.1 Å². The monoisotopic (exact) mass is 785 g/mol. The number of carbonyl (C=O) groups excluding carboxylic acids is 2. The minimum absolute atomic E-state index is 0.00291. The van der Waals surface area contributed by atoms with Crippen molar-refractivity contribution >= 4 is 32.4 Å². The Morgan fingerprint density at radius 1 is 0.855 bits per heavy atom. The average Bonchev–Trinajstić information content (AvgIpc) is 3.12. The molecule has 1 aliphatic carbocycles. The lowest BCUT2D eigenvalue weighted by Gasteiger charge is -2.47. The predicted molar refractivity (Wildman–Crippen MR) is 211 cm³/mol. The summed E-state index contributed by atoms with van der Waals surface area (Å²) in [5, 5.41) is 19.3. The molecule has 3 aromatic rings. The highest BCUT2D eigenvalue weighted by atomic mass is 32.2. The molecule has 0 aromatic heterocycles. The molecule has 5 rings (SSSR count). The van der Waals surface area contributed by atoms with Crippen LogP contribution in [0.1, 0.15) is 77.8 Å². The summed E-state index contributed by atoms with van der Waals surface area (Å²) in [5.74, 6) is -2.99. The molecule has 3 aromatic carbocycles. The maximum Gasteiger partial charge on any atom is 0.404 e. The summed E-state index contributed by atoms with van der Waals surface area (Å²) >= 11 is 0. The molecule has 2 fully saturated rings. The number of halogens is 3. The van der Waals surface area contributed by atoms with Crippen molar-refractivity contribution < 1.29 is 36.3 Å². The summed E-state index contributed by atoms with van der Waals surface area (Å²) in [7, 11) is -3.77. The minimum Gasteiger partial charge on any atom is -0.390 e. The molecule has 7 atom stereocenters. The van der Waals surface area contributed by atoms with Gasteiger partial charge in [0.05, 0.1) is 28.6 Å². The predicted octanol–water partition coefficient (Wildman–Crippen LogP) is 6.88. The van der Waals surface area contributed by atoms with E-state index in [4.69, 9.17) is 0 Å². The number of amides is 2. The Bertz CT molecular complexity index is 1860. The van der Waals surface area contributed by atoms with E-state index in [0.717, 1.165) is 47.6 Å². The van der Waals surface area contributed by atoms with Gasteiger partial charge in [0.15, 0.2) is 9.84 Å². The second kappa shape index (κ2) is 17.8. The Labute approximate surface area is 324 Å². The molecule has 0 spiro atoms. The summed E-state index contributed by atoms with van der Waals surface area (Å²) in [6, 6.07) is 18.7. The number of β-amino-alcohol motifs (C(OH)–C–C–N with tert-alkyl or cyclic N) is 1. The Hall–Kier alpha value is -3.48. The molecule has 2 aliphatic rings. The SMILES string of the molecule is CC(C)[C@H](NC(=O)[C@H](Cc1cccc2ccccc12)CS(=O)(=O)C(C)(C)C)C(=O)N[C@@H](Cc1ccccc1)[C@@H](O)CN1C[C@@H]2CCCC[C@@H]2C[C@H]1C(F)(F)F. The third kappa shape index (κ3) is 10.9. The highest BCUT2D eigenvalue weighted by Crippen LogP contribution is 2.43. The molecule has 1 saturated carbocycles. The van der Waals surface area contributed by atoms with Crippen LogP contribution in [0, 0.1) is 23.7 Å². The molecule has 12 heteroatoms. The van der Waals surface area contributed by atoms with Gasteiger partial charge in [0.2, 0.25) is 11.8 Å². The van der Waals surface area contributed by atoms with E-state index in [1.165, 1.54) is 4.90 Å². The maximum absolute atomic E-state index is 14.5.